The second kappa shape index (κ2) is 7.71. The number of hydrogen-bond donors (Lipinski definition) is 1. The van der Waals surface area contributed by atoms with Crippen LogP contribution in [-0.4, -0.2) is 37.3 Å². The molecule has 0 radical (unpaired) electrons. The topological polar surface area (TPSA) is 63.4 Å². The third-order valence-electron chi connectivity index (χ3n) is 2.71. The molecule has 0 fully saturated rings. The molecule has 0 unspecified atom stereocenters. The minimum absolute atomic E-state index is 0.104. The molecule has 112 valence electrons. The van der Waals surface area contributed by atoms with Gasteiger partial charge in [0.05, 0.1) is 5.75 Å². The zero-order valence-electron chi connectivity index (χ0n) is 12.0. The van der Waals surface area contributed by atoms with Gasteiger partial charge in [-0.2, -0.15) is 4.31 Å². The molecule has 0 aromatic heterocycles. The Hall–Kier alpha value is -0.980. The molecule has 0 atom stereocenters. The average Bonchev–Trinajstić information content (AvgIpc) is 2.37. The van der Waals surface area contributed by atoms with Crippen LogP contribution < -0.4 is 5.73 Å². The quantitative estimate of drug-likeness (QED) is 0.455. The molecule has 0 amide bonds. The summed E-state index contributed by atoms with van der Waals surface area (Å²) in [5, 5.41) is 0. The molecule has 0 aliphatic rings. The standard InChI is InChI=1S/C14H22N2O2S2/c1-4-16(11-12(2)3)20(17,18)10-9-19-14-8-6-5-7-13(14)15/h5-8H,2,4,9-11,15H2,1,3H3. The van der Waals surface area contributed by atoms with Gasteiger partial charge in [0.1, 0.15) is 0 Å². The van der Waals surface area contributed by atoms with Crippen molar-refractivity contribution in [3.63, 3.8) is 0 Å². The molecular weight excluding hydrogens is 292 g/mol. The van der Waals surface area contributed by atoms with Gasteiger partial charge in [-0.25, -0.2) is 8.42 Å². The lowest BCUT2D eigenvalue weighted by atomic mass is 10.3. The van der Waals surface area contributed by atoms with E-state index in [0.29, 0.717) is 24.5 Å². The molecule has 0 spiro atoms. The summed E-state index contributed by atoms with van der Waals surface area (Å²) < 4.78 is 25.9. The fourth-order valence-electron chi connectivity index (χ4n) is 1.71. The smallest absolute Gasteiger partial charge is 0.215 e. The van der Waals surface area contributed by atoms with Crippen molar-refractivity contribution in [2.24, 2.45) is 0 Å². The lowest BCUT2D eigenvalue weighted by Gasteiger charge is -2.20. The lowest BCUT2D eigenvalue weighted by molar-refractivity contribution is 0.454. The maximum atomic E-state index is 12.2. The number of sulfonamides is 1. The number of rotatable bonds is 8. The number of nitrogens with two attached hydrogens (primary N) is 1. The highest BCUT2D eigenvalue weighted by molar-refractivity contribution is 8.00. The predicted octanol–water partition coefficient (Wildman–Crippen LogP) is 2.59. The largest absolute Gasteiger partial charge is 0.398 e. The van der Waals surface area contributed by atoms with Gasteiger partial charge in [-0.3, -0.25) is 0 Å². The van der Waals surface area contributed by atoms with Crippen LogP contribution in [0.25, 0.3) is 0 Å². The number of anilines is 1. The highest BCUT2D eigenvalue weighted by Crippen LogP contribution is 2.24. The summed E-state index contributed by atoms with van der Waals surface area (Å²) in [6, 6.07) is 7.47. The molecular formula is C14H22N2O2S2. The highest BCUT2D eigenvalue weighted by Gasteiger charge is 2.20. The maximum absolute atomic E-state index is 12.2. The van der Waals surface area contributed by atoms with Crippen molar-refractivity contribution in [1.82, 2.24) is 4.31 Å². The Bertz CT molecular complexity index is 556. The molecule has 0 bridgehead atoms. The molecule has 0 saturated heterocycles. The van der Waals surface area contributed by atoms with Crippen LogP contribution in [0.1, 0.15) is 13.8 Å². The summed E-state index contributed by atoms with van der Waals surface area (Å²) in [7, 11) is -3.24. The summed E-state index contributed by atoms with van der Waals surface area (Å²) in [4.78, 5) is 0.922. The van der Waals surface area contributed by atoms with Crippen molar-refractivity contribution in [3.8, 4) is 0 Å². The second-order valence-corrected chi connectivity index (χ2v) is 7.81. The molecule has 0 aliphatic heterocycles. The van der Waals surface area contributed by atoms with E-state index in [1.807, 2.05) is 38.1 Å². The number of nitrogen functional groups attached to an aromatic ring is 1. The van der Waals surface area contributed by atoms with E-state index in [1.165, 1.54) is 16.1 Å². The van der Waals surface area contributed by atoms with E-state index >= 15 is 0 Å². The van der Waals surface area contributed by atoms with E-state index < -0.39 is 10.0 Å². The SMILES string of the molecule is C=C(C)CN(CC)S(=O)(=O)CCSc1ccccc1N. The molecule has 0 saturated carbocycles. The second-order valence-electron chi connectivity index (χ2n) is 4.59. The van der Waals surface area contributed by atoms with Crippen LogP contribution in [0.5, 0.6) is 0 Å². The van der Waals surface area contributed by atoms with Gasteiger partial charge in [0.25, 0.3) is 0 Å². The molecule has 6 heteroatoms. The summed E-state index contributed by atoms with van der Waals surface area (Å²) in [6.45, 7) is 8.29. The van der Waals surface area contributed by atoms with Crippen molar-refractivity contribution in [3.05, 3.63) is 36.4 Å². The molecule has 1 aromatic rings. The molecule has 20 heavy (non-hydrogen) atoms. The zero-order valence-corrected chi connectivity index (χ0v) is 13.6. The van der Waals surface area contributed by atoms with Crippen LogP contribution in [0.15, 0.2) is 41.3 Å². The molecule has 4 nitrogen and oxygen atoms in total. The summed E-state index contributed by atoms with van der Waals surface area (Å²) >= 11 is 1.47. The van der Waals surface area contributed by atoms with Crippen LogP contribution in [0, 0.1) is 0 Å². The Morgan fingerprint density at radius 1 is 1.40 bits per heavy atom. The minimum atomic E-state index is -3.24. The van der Waals surface area contributed by atoms with Crippen molar-refractivity contribution in [1.29, 1.82) is 0 Å². The predicted molar refractivity (Wildman–Crippen MR) is 87.4 cm³/mol. The zero-order chi connectivity index (χ0) is 15.2. The van der Waals surface area contributed by atoms with Crippen molar-refractivity contribution >= 4 is 27.5 Å². The normalized spacial score (nSPS) is 11.8. The third-order valence-corrected chi connectivity index (χ3v) is 5.95. The van der Waals surface area contributed by atoms with Crippen molar-refractivity contribution < 1.29 is 8.42 Å². The average molecular weight is 314 g/mol. The summed E-state index contributed by atoms with van der Waals surface area (Å²) in [6.07, 6.45) is 0. The lowest BCUT2D eigenvalue weighted by Crippen LogP contribution is -2.34. The van der Waals surface area contributed by atoms with Gasteiger partial charge in [0.15, 0.2) is 0 Å². The number of hydrogen-bond acceptors (Lipinski definition) is 4. The van der Waals surface area contributed by atoms with Gasteiger partial charge in [0.2, 0.25) is 10.0 Å². The fourth-order valence-corrected chi connectivity index (χ4v) is 4.58. The molecule has 2 N–H and O–H groups in total. The number of para-hydroxylation sites is 1. The monoisotopic (exact) mass is 314 g/mol. The molecule has 0 heterocycles. The van der Waals surface area contributed by atoms with E-state index in [2.05, 4.69) is 6.58 Å². The van der Waals surface area contributed by atoms with Crippen molar-refractivity contribution in [2.45, 2.75) is 18.7 Å². The number of likely N-dealkylation sites (N-methyl/N-ethyl adjacent to an activating group) is 1. The van der Waals surface area contributed by atoms with Crippen LogP contribution in [0.4, 0.5) is 5.69 Å². The van der Waals surface area contributed by atoms with Gasteiger partial charge in [0, 0.05) is 29.4 Å². The van der Waals surface area contributed by atoms with Gasteiger partial charge in [-0.15, -0.1) is 11.8 Å². The van der Waals surface area contributed by atoms with Crippen LogP contribution in [0.2, 0.25) is 0 Å². The first-order valence-corrected chi connectivity index (χ1v) is 9.05. The Morgan fingerprint density at radius 2 is 2.05 bits per heavy atom. The van der Waals surface area contributed by atoms with E-state index in [9.17, 15) is 8.42 Å². The Balaban J connectivity index is 2.59. The van der Waals surface area contributed by atoms with Gasteiger partial charge in [-0.1, -0.05) is 31.2 Å². The number of benzene rings is 1. The first-order chi connectivity index (χ1) is 9.36. The highest BCUT2D eigenvalue weighted by atomic mass is 32.2. The van der Waals surface area contributed by atoms with Crippen LogP contribution >= 0.6 is 11.8 Å². The first-order valence-electron chi connectivity index (χ1n) is 6.46. The first kappa shape index (κ1) is 17.1. The molecule has 1 aromatic carbocycles. The maximum Gasteiger partial charge on any atom is 0.215 e. The summed E-state index contributed by atoms with van der Waals surface area (Å²) in [5.74, 6) is 0.594. The van der Waals surface area contributed by atoms with E-state index in [1.54, 1.807) is 0 Å². The number of thioether (sulfide) groups is 1. The Labute approximate surface area is 126 Å². The third kappa shape index (κ3) is 5.19. The van der Waals surface area contributed by atoms with E-state index in [4.69, 9.17) is 5.73 Å². The van der Waals surface area contributed by atoms with Crippen LogP contribution in [-0.2, 0) is 10.0 Å². The molecule has 0 aliphatic carbocycles. The Kier molecular flexibility index (Phi) is 6.58. The minimum Gasteiger partial charge on any atom is -0.398 e. The number of nitrogens with zero attached hydrogens (tertiary/aromatic N) is 1. The summed E-state index contributed by atoms with van der Waals surface area (Å²) in [5.41, 5.74) is 7.36. The fraction of sp³-hybridized carbons (Fsp3) is 0.429. The van der Waals surface area contributed by atoms with Gasteiger partial charge < -0.3 is 5.73 Å². The van der Waals surface area contributed by atoms with Crippen LogP contribution in [0.3, 0.4) is 0 Å². The van der Waals surface area contributed by atoms with E-state index in [0.717, 1.165) is 10.5 Å². The Morgan fingerprint density at radius 3 is 2.60 bits per heavy atom. The van der Waals surface area contributed by atoms with Gasteiger partial charge >= 0.3 is 0 Å². The molecule has 1 rings (SSSR count). The van der Waals surface area contributed by atoms with Gasteiger partial charge in [-0.05, 0) is 19.1 Å². The van der Waals surface area contributed by atoms with Crippen molar-refractivity contribution in [2.75, 3.05) is 30.3 Å². The van der Waals surface area contributed by atoms with E-state index in [-0.39, 0.29) is 5.75 Å².